The monoisotopic (exact) mass is 276 g/mol. The van der Waals surface area contributed by atoms with Gasteiger partial charge in [0.2, 0.25) is 0 Å². The van der Waals surface area contributed by atoms with Gasteiger partial charge < -0.3 is 24.8 Å². The van der Waals surface area contributed by atoms with Crippen LogP contribution in [0.25, 0.3) is 0 Å². The molecule has 19 heavy (non-hydrogen) atoms. The number of hydrogen-bond donors (Lipinski definition) is 2. The molecule has 0 radical (unpaired) electrons. The minimum Gasteiger partial charge on any atom is -0.481 e. The number of urea groups is 1. The van der Waals surface area contributed by atoms with Crippen molar-refractivity contribution in [3.63, 3.8) is 0 Å². The van der Waals surface area contributed by atoms with Crippen LogP contribution in [0, 0.1) is 5.92 Å². The number of carbonyl (C=O) groups is 2. The van der Waals surface area contributed by atoms with E-state index in [9.17, 15) is 9.59 Å². The predicted molar refractivity (Wildman–Crippen MR) is 70.1 cm³/mol. The SMILES string of the molecule is CCC(CNC(=O)N(CCOC)CCOC)C(=O)O. The van der Waals surface area contributed by atoms with Crippen LogP contribution in [0.2, 0.25) is 0 Å². The molecule has 0 aliphatic carbocycles. The summed E-state index contributed by atoms with van der Waals surface area (Å²) in [4.78, 5) is 24.3. The van der Waals surface area contributed by atoms with Crippen molar-refractivity contribution in [2.75, 3.05) is 47.1 Å². The molecule has 112 valence electrons. The highest BCUT2D eigenvalue weighted by atomic mass is 16.5. The number of amides is 2. The van der Waals surface area contributed by atoms with Crippen molar-refractivity contribution < 1.29 is 24.2 Å². The second-order valence-electron chi connectivity index (χ2n) is 4.10. The number of nitrogens with zero attached hydrogens (tertiary/aromatic N) is 1. The summed E-state index contributed by atoms with van der Waals surface area (Å²) in [7, 11) is 3.12. The van der Waals surface area contributed by atoms with Crippen molar-refractivity contribution in [2.45, 2.75) is 13.3 Å². The molecule has 0 rings (SSSR count). The minimum atomic E-state index is -0.900. The molecule has 0 spiro atoms. The van der Waals surface area contributed by atoms with E-state index in [-0.39, 0.29) is 12.6 Å². The molecular weight excluding hydrogens is 252 g/mol. The van der Waals surface area contributed by atoms with Gasteiger partial charge in [-0.15, -0.1) is 0 Å². The van der Waals surface area contributed by atoms with E-state index in [0.29, 0.717) is 32.7 Å². The van der Waals surface area contributed by atoms with Gasteiger partial charge in [-0.25, -0.2) is 4.79 Å². The molecule has 7 nitrogen and oxygen atoms in total. The Morgan fingerprint density at radius 2 is 1.74 bits per heavy atom. The van der Waals surface area contributed by atoms with Gasteiger partial charge in [0.25, 0.3) is 0 Å². The second-order valence-corrected chi connectivity index (χ2v) is 4.10. The maximum absolute atomic E-state index is 11.9. The van der Waals surface area contributed by atoms with Crippen LogP contribution >= 0.6 is 0 Å². The fraction of sp³-hybridized carbons (Fsp3) is 0.833. The molecule has 2 N–H and O–H groups in total. The molecule has 0 saturated carbocycles. The number of nitrogens with one attached hydrogen (secondary N) is 1. The molecule has 1 atom stereocenters. The zero-order valence-electron chi connectivity index (χ0n) is 11.8. The Morgan fingerprint density at radius 1 is 1.21 bits per heavy atom. The topological polar surface area (TPSA) is 88.1 Å². The van der Waals surface area contributed by atoms with Crippen LogP contribution in [0.3, 0.4) is 0 Å². The summed E-state index contributed by atoms with van der Waals surface area (Å²) in [6.45, 7) is 3.63. The van der Waals surface area contributed by atoms with Crippen LogP contribution in [0.5, 0.6) is 0 Å². The minimum absolute atomic E-state index is 0.126. The first-order valence-corrected chi connectivity index (χ1v) is 6.30. The number of ether oxygens (including phenoxy) is 2. The van der Waals surface area contributed by atoms with E-state index in [1.165, 1.54) is 0 Å². The van der Waals surface area contributed by atoms with E-state index in [1.54, 1.807) is 26.0 Å². The van der Waals surface area contributed by atoms with Crippen molar-refractivity contribution in [3.05, 3.63) is 0 Å². The fourth-order valence-electron chi connectivity index (χ4n) is 1.45. The van der Waals surface area contributed by atoms with Crippen LogP contribution < -0.4 is 5.32 Å². The fourth-order valence-corrected chi connectivity index (χ4v) is 1.45. The first kappa shape index (κ1) is 17.7. The molecule has 0 aromatic carbocycles. The zero-order valence-corrected chi connectivity index (χ0v) is 11.8. The summed E-state index contributed by atoms with van der Waals surface area (Å²) in [5.74, 6) is -1.46. The molecule has 7 heteroatoms. The van der Waals surface area contributed by atoms with Gasteiger partial charge in [-0.3, -0.25) is 4.79 Å². The van der Waals surface area contributed by atoms with Gasteiger partial charge >= 0.3 is 12.0 Å². The first-order chi connectivity index (χ1) is 9.06. The third-order valence-corrected chi connectivity index (χ3v) is 2.76. The van der Waals surface area contributed by atoms with E-state index in [2.05, 4.69) is 5.32 Å². The number of aliphatic carboxylic acids is 1. The van der Waals surface area contributed by atoms with Crippen molar-refractivity contribution in [2.24, 2.45) is 5.92 Å². The lowest BCUT2D eigenvalue weighted by Crippen LogP contribution is -2.45. The van der Waals surface area contributed by atoms with Crippen LogP contribution in [-0.4, -0.2) is 69.1 Å². The number of carbonyl (C=O) groups excluding carboxylic acids is 1. The van der Waals surface area contributed by atoms with Crippen molar-refractivity contribution >= 4 is 12.0 Å². The maximum Gasteiger partial charge on any atom is 0.317 e. The van der Waals surface area contributed by atoms with Gasteiger partial charge in [0.05, 0.1) is 19.1 Å². The molecule has 1 unspecified atom stereocenters. The van der Waals surface area contributed by atoms with Gasteiger partial charge in [-0.1, -0.05) is 6.92 Å². The van der Waals surface area contributed by atoms with E-state index < -0.39 is 11.9 Å². The van der Waals surface area contributed by atoms with Gasteiger partial charge in [-0.2, -0.15) is 0 Å². The molecular formula is C12H24N2O5. The molecule has 0 aromatic rings. The zero-order chi connectivity index (χ0) is 14.7. The van der Waals surface area contributed by atoms with Crippen molar-refractivity contribution in [1.29, 1.82) is 0 Å². The number of methoxy groups -OCH3 is 2. The Labute approximate surface area is 113 Å². The van der Waals surface area contributed by atoms with E-state index in [4.69, 9.17) is 14.6 Å². The van der Waals surface area contributed by atoms with Crippen molar-refractivity contribution in [3.8, 4) is 0 Å². The molecule has 0 saturated heterocycles. The van der Waals surface area contributed by atoms with Gasteiger partial charge in [0, 0.05) is 33.9 Å². The Bertz CT molecular complexity index is 265. The lowest BCUT2D eigenvalue weighted by molar-refractivity contribution is -0.141. The van der Waals surface area contributed by atoms with Crippen LogP contribution in [-0.2, 0) is 14.3 Å². The average molecular weight is 276 g/mol. The number of rotatable bonds is 10. The van der Waals surface area contributed by atoms with E-state index in [0.717, 1.165) is 0 Å². The third-order valence-electron chi connectivity index (χ3n) is 2.76. The maximum atomic E-state index is 11.9. The van der Waals surface area contributed by atoms with Gasteiger partial charge in [-0.05, 0) is 6.42 Å². The average Bonchev–Trinajstić information content (AvgIpc) is 2.39. The third kappa shape index (κ3) is 7.63. The summed E-state index contributed by atoms with van der Waals surface area (Å²) in [5.41, 5.74) is 0. The normalized spacial score (nSPS) is 11.9. The highest BCUT2D eigenvalue weighted by Crippen LogP contribution is 2.01. The van der Waals surface area contributed by atoms with Crippen molar-refractivity contribution in [1.82, 2.24) is 10.2 Å². The van der Waals surface area contributed by atoms with Crippen LogP contribution in [0.1, 0.15) is 13.3 Å². The molecule has 0 aromatic heterocycles. The Kier molecular flexibility index (Phi) is 9.82. The second kappa shape index (κ2) is 10.6. The Hall–Kier alpha value is -1.34. The summed E-state index contributed by atoms with van der Waals surface area (Å²) in [5, 5.41) is 11.5. The lowest BCUT2D eigenvalue weighted by Gasteiger charge is -2.23. The molecule has 0 fully saturated rings. The largest absolute Gasteiger partial charge is 0.481 e. The number of carboxylic acids is 1. The van der Waals surface area contributed by atoms with Crippen LogP contribution in [0.15, 0.2) is 0 Å². The molecule has 0 heterocycles. The summed E-state index contributed by atoms with van der Waals surface area (Å²) >= 11 is 0. The van der Waals surface area contributed by atoms with Gasteiger partial charge in [0.1, 0.15) is 0 Å². The van der Waals surface area contributed by atoms with Crippen LogP contribution in [0.4, 0.5) is 4.79 Å². The smallest absolute Gasteiger partial charge is 0.317 e. The number of hydrogen-bond acceptors (Lipinski definition) is 4. The number of carboxylic acid groups (broad SMARTS) is 1. The predicted octanol–water partition coefficient (Wildman–Crippen LogP) is 0.402. The lowest BCUT2D eigenvalue weighted by atomic mass is 10.1. The molecule has 0 aliphatic rings. The Morgan fingerprint density at radius 3 is 2.11 bits per heavy atom. The Balaban J connectivity index is 4.24. The van der Waals surface area contributed by atoms with Gasteiger partial charge in [0.15, 0.2) is 0 Å². The summed E-state index contributed by atoms with van der Waals surface area (Å²) in [6.07, 6.45) is 0.478. The summed E-state index contributed by atoms with van der Waals surface area (Å²) < 4.78 is 9.86. The quantitative estimate of drug-likeness (QED) is 0.603. The molecule has 0 aliphatic heterocycles. The summed E-state index contributed by atoms with van der Waals surface area (Å²) in [6, 6.07) is -0.297. The highest BCUT2D eigenvalue weighted by molar-refractivity contribution is 5.76. The highest BCUT2D eigenvalue weighted by Gasteiger charge is 2.18. The molecule has 2 amide bonds. The van der Waals surface area contributed by atoms with E-state index in [1.807, 2.05) is 0 Å². The molecule has 0 bridgehead atoms. The first-order valence-electron chi connectivity index (χ1n) is 6.30. The van der Waals surface area contributed by atoms with E-state index >= 15 is 0 Å². The standard InChI is InChI=1S/C12H24N2O5/c1-4-10(11(15)16)9-13-12(17)14(5-7-18-2)6-8-19-3/h10H,4-9H2,1-3H3,(H,13,17)(H,15,16).